The average Bonchev–Trinajstić information content (AvgIpc) is 3.78. The molecule has 324 valence electrons. The Bertz CT molecular complexity index is 2130. The average molecular weight is 841 g/mol. The maximum atomic E-state index is 13.5. The first-order valence-corrected chi connectivity index (χ1v) is 23.3. The fraction of sp³-hybridized carbons (Fsp3) is 0.500. The number of allylic oxidation sites excluding steroid dienone is 2. The number of likely N-dealkylation sites (tertiary alicyclic amines) is 1. The second kappa shape index (κ2) is 21.6. The lowest BCUT2D eigenvalue weighted by Gasteiger charge is -2.23. The number of hydrogen-bond acceptors (Lipinski definition) is 10. The summed E-state index contributed by atoms with van der Waals surface area (Å²) in [6, 6.07) is 24.6. The van der Waals surface area contributed by atoms with Crippen molar-refractivity contribution < 1.29 is 33.3 Å². The highest BCUT2D eigenvalue weighted by atomic mass is 32.2. The molecule has 8 atom stereocenters. The van der Waals surface area contributed by atoms with Crippen LogP contribution < -0.4 is 10.0 Å². The molecule has 1 aliphatic carbocycles. The maximum absolute atomic E-state index is 13.5. The van der Waals surface area contributed by atoms with Crippen LogP contribution in [0.5, 0.6) is 0 Å². The number of unbranched alkanes of at least 4 members (excludes halogenated alkanes) is 1. The van der Waals surface area contributed by atoms with Crippen molar-refractivity contribution in [2.75, 3.05) is 18.4 Å². The molecular weight excluding hydrogens is 777 g/mol. The van der Waals surface area contributed by atoms with Crippen LogP contribution in [0, 0.1) is 18.8 Å². The van der Waals surface area contributed by atoms with Gasteiger partial charge in [0, 0.05) is 61.0 Å². The third-order valence-corrected chi connectivity index (χ3v) is 14.2. The van der Waals surface area contributed by atoms with Crippen LogP contribution in [0.15, 0.2) is 97.3 Å². The van der Waals surface area contributed by atoms with E-state index in [0.717, 1.165) is 53.5 Å². The summed E-state index contributed by atoms with van der Waals surface area (Å²) in [7, 11) is -3.88. The zero-order valence-electron chi connectivity index (χ0n) is 35.3. The summed E-state index contributed by atoms with van der Waals surface area (Å²) in [6.07, 6.45) is 10.9. The van der Waals surface area contributed by atoms with E-state index in [0.29, 0.717) is 63.1 Å². The highest BCUT2D eigenvalue weighted by molar-refractivity contribution is 7.89. The molecule has 3 aromatic carbocycles. The molecule has 0 spiro atoms. The standard InChI is InChI=1S/C48H64N4O7S/c1-33-18-19-37(31-52-27-25-39(32-52)50-45-16-11-14-38-30-49-26-24-41(38)45)28-44(33)34(2)60(57,58)51-35(3)59-48(56)17-10-5-4-9-15-42-43(47(55)29-46(42)54)23-22-40(53)21-20-36-12-7-6-8-13-36/h4,6-9,11-14,16,18-19,24,26,28,30,34-35,39-40,42-43,46-47,50-51,53-55H,5,10,15,17,20-23,25,27,29,31-32H2,1-3H3/b9-4+/t34?,35?,39-,40+,42-,43-,46+,47-/m1/s1. The van der Waals surface area contributed by atoms with E-state index < -0.39 is 45.8 Å². The number of nitrogens with one attached hydrogen (secondary N) is 2. The number of pyridine rings is 1. The van der Waals surface area contributed by atoms with Crippen molar-refractivity contribution in [2.24, 2.45) is 11.8 Å². The minimum atomic E-state index is -3.88. The van der Waals surface area contributed by atoms with Gasteiger partial charge in [-0.05, 0) is 125 Å². The van der Waals surface area contributed by atoms with Gasteiger partial charge in [0.05, 0.1) is 23.6 Å². The summed E-state index contributed by atoms with van der Waals surface area (Å²) in [5, 5.41) is 37.0. The number of carbonyl (C=O) groups is 1. The molecule has 2 heterocycles. The van der Waals surface area contributed by atoms with Crippen LogP contribution in [-0.4, -0.2) is 83.3 Å². The molecule has 11 nitrogen and oxygen atoms in total. The van der Waals surface area contributed by atoms with Crippen molar-refractivity contribution in [2.45, 2.75) is 127 Å². The third-order valence-electron chi connectivity index (χ3n) is 12.4. The number of fused-ring (bicyclic) bond motifs is 1. The number of nitrogens with zero attached hydrogens (tertiary/aromatic N) is 2. The number of aryl methyl sites for hydroxylation is 2. The topological polar surface area (TPSA) is 161 Å². The molecule has 4 aromatic rings. The van der Waals surface area contributed by atoms with Crippen LogP contribution in [0.1, 0.15) is 99.1 Å². The zero-order chi connectivity index (χ0) is 42.6. The van der Waals surface area contributed by atoms with E-state index >= 15 is 0 Å². The Hall–Kier alpha value is -4.17. The number of ether oxygens (including phenoxy) is 1. The number of aliphatic hydroxyl groups excluding tert-OH is 3. The number of rotatable bonds is 21. The summed E-state index contributed by atoms with van der Waals surface area (Å²) in [6.45, 7) is 7.62. The summed E-state index contributed by atoms with van der Waals surface area (Å²) in [5.41, 5.74) is 4.93. The molecule has 1 aliphatic heterocycles. The van der Waals surface area contributed by atoms with E-state index in [4.69, 9.17) is 4.74 Å². The smallest absolute Gasteiger partial charge is 0.307 e. The van der Waals surface area contributed by atoms with Crippen LogP contribution in [-0.2, 0) is 32.5 Å². The summed E-state index contributed by atoms with van der Waals surface area (Å²) >= 11 is 0. The van der Waals surface area contributed by atoms with Crippen molar-refractivity contribution in [1.82, 2.24) is 14.6 Å². The molecule has 2 fully saturated rings. The van der Waals surface area contributed by atoms with Gasteiger partial charge in [-0.15, -0.1) is 0 Å². The monoisotopic (exact) mass is 840 g/mol. The van der Waals surface area contributed by atoms with Gasteiger partial charge in [-0.3, -0.25) is 14.7 Å². The largest absolute Gasteiger partial charge is 0.446 e. The van der Waals surface area contributed by atoms with Crippen molar-refractivity contribution in [1.29, 1.82) is 0 Å². The number of aliphatic hydroxyl groups is 3. The molecule has 2 unspecified atom stereocenters. The van der Waals surface area contributed by atoms with Crippen molar-refractivity contribution in [3.63, 3.8) is 0 Å². The Balaban J connectivity index is 0.899. The minimum absolute atomic E-state index is 0.0847. The van der Waals surface area contributed by atoms with Gasteiger partial charge >= 0.3 is 5.97 Å². The number of aromatic nitrogens is 1. The minimum Gasteiger partial charge on any atom is -0.446 e. The number of esters is 1. The highest BCUT2D eigenvalue weighted by Gasteiger charge is 2.40. The van der Waals surface area contributed by atoms with Gasteiger partial charge in [0.2, 0.25) is 10.0 Å². The lowest BCUT2D eigenvalue weighted by Crippen LogP contribution is -2.38. The van der Waals surface area contributed by atoms with Crippen LogP contribution >= 0.6 is 0 Å². The summed E-state index contributed by atoms with van der Waals surface area (Å²) < 4.78 is 35.1. The van der Waals surface area contributed by atoms with E-state index in [1.165, 1.54) is 12.5 Å². The molecule has 1 aromatic heterocycles. The van der Waals surface area contributed by atoms with Gasteiger partial charge in [-0.25, -0.2) is 8.42 Å². The quantitative estimate of drug-likeness (QED) is 0.0249. The lowest BCUT2D eigenvalue weighted by atomic mass is 9.85. The van der Waals surface area contributed by atoms with Gasteiger partial charge in [0.15, 0.2) is 6.23 Å². The van der Waals surface area contributed by atoms with E-state index in [1.54, 1.807) is 6.92 Å². The Morgan fingerprint density at radius 3 is 2.60 bits per heavy atom. The Labute approximate surface area is 356 Å². The molecule has 2 aliphatic rings. The Morgan fingerprint density at radius 1 is 0.983 bits per heavy atom. The SMILES string of the molecule is Cc1ccc(CN2CC[C@@H](Nc3cccc4cnccc34)C2)cc1C(C)S(=O)(=O)NC(C)OC(=O)CCC/C=C/C[C@@H]1[C@@H](CC[C@@H](O)CCc2ccccc2)[C@H](O)C[C@@H]1O. The molecule has 60 heavy (non-hydrogen) atoms. The summed E-state index contributed by atoms with van der Waals surface area (Å²) in [4.78, 5) is 19.3. The molecule has 1 saturated heterocycles. The van der Waals surface area contributed by atoms with Crippen LogP contribution in [0.25, 0.3) is 10.8 Å². The number of anilines is 1. The highest BCUT2D eigenvalue weighted by Crippen LogP contribution is 2.39. The molecule has 5 N–H and O–H groups in total. The number of carbonyl (C=O) groups excluding carboxylic acids is 1. The predicted molar refractivity (Wildman–Crippen MR) is 237 cm³/mol. The van der Waals surface area contributed by atoms with Gasteiger partial charge in [0.1, 0.15) is 0 Å². The lowest BCUT2D eigenvalue weighted by molar-refractivity contribution is -0.148. The summed E-state index contributed by atoms with van der Waals surface area (Å²) in [5.74, 6) is -0.662. The van der Waals surface area contributed by atoms with Gasteiger partial charge < -0.3 is 25.4 Å². The Morgan fingerprint density at radius 2 is 1.78 bits per heavy atom. The second-order valence-corrected chi connectivity index (χ2v) is 19.0. The number of sulfonamides is 1. The molecule has 0 amide bonds. The van der Waals surface area contributed by atoms with Crippen LogP contribution in [0.3, 0.4) is 0 Å². The van der Waals surface area contributed by atoms with Gasteiger partial charge in [-0.1, -0.05) is 72.8 Å². The third kappa shape index (κ3) is 12.7. The first kappa shape index (κ1) is 45.4. The van der Waals surface area contributed by atoms with Crippen molar-refractivity contribution in [3.8, 4) is 0 Å². The predicted octanol–water partition coefficient (Wildman–Crippen LogP) is 7.35. The van der Waals surface area contributed by atoms with Crippen molar-refractivity contribution in [3.05, 3.63) is 120 Å². The normalized spacial score (nSPS) is 22.6. The van der Waals surface area contributed by atoms with E-state index in [-0.39, 0.29) is 18.3 Å². The van der Waals surface area contributed by atoms with Crippen LogP contribution in [0.4, 0.5) is 5.69 Å². The molecular formula is C48H64N4O7S. The van der Waals surface area contributed by atoms with E-state index in [9.17, 15) is 28.5 Å². The van der Waals surface area contributed by atoms with Crippen LogP contribution in [0.2, 0.25) is 0 Å². The zero-order valence-corrected chi connectivity index (χ0v) is 36.1. The molecule has 0 bridgehead atoms. The molecule has 0 radical (unpaired) electrons. The van der Waals surface area contributed by atoms with E-state index in [2.05, 4.69) is 50.3 Å². The van der Waals surface area contributed by atoms with Crippen molar-refractivity contribution >= 4 is 32.5 Å². The number of hydrogen-bond donors (Lipinski definition) is 5. The Kier molecular flexibility index (Phi) is 16.3. The fourth-order valence-corrected chi connectivity index (χ4v) is 10.3. The van der Waals surface area contributed by atoms with Gasteiger partial charge in [-0.2, -0.15) is 4.72 Å². The number of benzene rings is 3. The fourth-order valence-electron chi connectivity index (χ4n) is 8.98. The molecule has 6 rings (SSSR count). The second-order valence-electron chi connectivity index (χ2n) is 16.9. The van der Waals surface area contributed by atoms with Gasteiger partial charge in [0.25, 0.3) is 0 Å². The molecule has 1 saturated carbocycles. The van der Waals surface area contributed by atoms with E-state index in [1.807, 2.05) is 73.9 Å². The first-order valence-electron chi connectivity index (χ1n) is 21.7. The first-order chi connectivity index (χ1) is 28.9. The maximum Gasteiger partial charge on any atom is 0.307 e. The molecule has 12 heteroatoms.